The quantitative estimate of drug-likeness (QED) is 0.567. The van der Waals surface area contributed by atoms with E-state index < -0.39 is 0 Å². The Morgan fingerprint density at radius 3 is 1.82 bits per heavy atom. The summed E-state index contributed by atoms with van der Waals surface area (Å²) in [6, 6.07) is 19.2. The highest BCUT2D eigenvalue weighted by atomic mass is 16.1. The molecule has 1 heteroatoms. The molecule has 0 radical (unpaired) electrons. The van der Waals surface area contributed by atoms with Gasteiger partial charge in [-0.05, 0) is 24.1 Å². The van der Waals surface area contributed by atoms with E-state index in [1.807, 2.05) is 67.6 Å². The molecule has 0 aromatic heterocycles. The fraction of sp³-hybridized carbons (Fsp3) is 0.0625. The van der Waals surface area contributed by atoms with Crippen LogP contribution in [0.5, 0.6) is 0 Å². The molecule has 0 unspecified atom stereocenters. The zero-order valence-electron chi connectivity index (χ0n) is 9.76. The number of hydrogen-bond donors (Lipinski definition) is 0. The minimum Gasteiger partial charge on any atom is -0.289 e. The van der Waals surface area contributed by atoms with Crippen molar-refractivity contribution < 1.29 is 4.79 Å². The number of carbonyl (C=O) groups is 1. The summed E-state index contributed by atoms with van der Waals surface area (Å²) in [5, 5.41) is 0. The molecule has 2 aromatic rings. The van der Waals surface area contributed by atoms with Crippen molar-refractivity contribution in [2.45, 2.75) is 6.92 Å². The third-order valence-corrected chi connectivity index (χ3v) is 2.64. The van der Waals surface area contributed by atoms with Gasteiger partial charge < -0.3 is 0 Å². The molecule has 0 fully saturated rings. The van der Waals surface area contributed by atoms with Crippen LogP contribution in [0.4, 0.5) is 0 Å². The van der Waals surface area contributed by atoms with Crippen molar-refractivity contribution in [2.24, 2.45) is 0 Å². The topological polar surface area (TPSA) is 17.1 Å². The summed E-state index contributed by atoms with van der Waals surface area (Å²) in [6.07, 6.45) is 1.69. The van der Waals surface area contributed by atoms with Crippen molar-refractivity contribution in [3.8, 4) is 0 Å². The fourth-order valence-corrected chi connectivity index (χ4v) is 1.67. The van der Waals surface area contributed by atoms with Crippen molar-refractivity contribution >= 4 is 11.4 Å². The van der Waals surface area contributed by atoms with E-state index >= 15 is 0 Å². The van der Waals surface area contributed by atoms with Crippen molar-refractivity contribution in [3.05, 3.63) is 77.9 Å². The molecule has 17 heavy (non-hydrogen) atoms. The average Bonchev–Trinajstić information content (AvgIpc) is 2.40. The van der Waals surface area contributed by atoms with Gasteiger partial charge in [0.25, 0.3) is 0 Å². The summed E-state index contributed by atoms with van der Waals surface area (Å²) >= 11 is 0. The largest absolute Gasteiger partial charge is 0.289 e. The van der Waals surface area contributed by atoms with Crippen LogP contribution in [-0.4, -0.2) is 5.78 Å². The molecule has 0 aliphatic carbocycles. The number of ketones is 1. The summed E-state index contributed by atoms with van der Waals surface area (Å²) in [5.41, 5.74) is 2.79. The molecular formula is C16H14O. The first-order valence-electron chi connectivity index (χ1n) is 5.60. The van der Waals surface area contributed by atoms with E-state index in [-0.39, 0.29) is 5.78 Å². The maximum Gasteiger partial charge on any atom is 0.186 e. The van der Waals surface area contributed by atoms with Crippen LogP contribution in [0.1, 0.15) is 22.8 Å². The van der Waals surface area contributed by atoms with E-state index in [9.17, 15) is 4.79 Å². The predicted molar refractivity (Wildman–Crippen MR) is 70.9 cm³/mol. The molecule has 2 aromatic carbocycles. The van der Waals surface area contributed by atoms with Gasteiger partial charge in [-0.25, -0.2) is 0 Å². The molecule has 0 amide bonds. The zero-order chi connectivity index (χ0) is 12.1. The van der Waals surface area contributed by atoms with Gasteiger partial charge in [-0.3, -0.25) is 4.79 Å². The minimum absolute atomic E-state index is 0.0481. The van der Waals surface area contributed by atoms with Gasteiger partial charge in [0.05, 0.1) is 0 Å². The van der Waals surface area contributed by atoms with Gasteiger partial charge in [-0.15, -0.1) is 0 Å². The van der Waals surface area contributed by atoms with Gasteiger partial charge in [-0.2, -0.15) is 0 Å². The Balaban J connectivity index is 2.24. The van der Waals surface area contributed by atoms with Crippen LogP contribution in [0.2, 0.25) is 0 Å². The van der Waals surface area contributed by atoms with Crippen LogP contribution < -0.4 is 0 Å². The van der Waals surface area contributed by atoms with Gasteiger partial charge in [0.15, 0.2) is 5.78 Å². The maximum absolute atomic E-state index is 12.0. The normalized spacial score (nSPS) is 11.2. The first-order valence-corrected chi connectivity index (χ1v) is 5.60. The van der Waals surface area contributed by atoms with E-state index in [1.165, 1.54) is 0 Å². The predicted octanol–water partition coefficient (Wildman–Crippen LogP) is 3.97. The van der Waals surface area contributed by atoms with E-state index in [2.05, 4.69) is 0 Å². The first-order chi connectivity index (χ1) is 8.27. The lowest BCUT2D eigenvalue weighted by molar-refractivity contribution is 0.104. The van der Waals surface area contributed by atoms with Crippen molar-refractivity contribution in [2.75, 3.05) is 0 Å². The molecule has 0 N–H and O–H groups in total. The SMILES string of the molecule is C/C(=C/C(=O)c1ccccc1)c1ccccc1. The molecule has 0 heterocycles. The molecule has 0 aliphatic rings. The van der Waals surface area contributed by atoms with Crippen LogP contribution >= 0.6 is 0 Å². The van der Waals surface area contributed by atoms with Crippen LogP contribution in [0.3, 0.4) is 0 Å². The Hall–Kier alpha value is -2.15. The molecule has 0 spiro atoms. The molecule has 0 saturated heterocycles. The molecule has 0 saturated carbocycles. The third kappa shape index (κ3) is 2.91. The maximum atomic E-state index is 12.0. The monoisotopic (exact) mass is 222 g/mol. The van der Waals surface area contributed by atoms with Crippen molar-refractivity contribution in [1.82, 2.24) is 0 Å². The third-order valence-electron chi connectivity index (χ3n) is 2.64. The van der Waals surface area contributed by atoms with Crippen molar-refractivity contribution in [1.29, 1.82) is 0 Å². The highest BCUT2D eigenvalue weighted by molar-refractivity contribution is 6.08. The minimum atomic E-state index is 0.0481. The standard InChI is InChI=1S/C16H14O/c1-13(14-8-4-2-5-9-14)12-16(17)15-10-6-3-7-11-15/h2-12H,1H3/b13-12-. The van der Waals surface area contributed by atoms with Crippen LogP contribution in [0.25, 0.3) is 5.57 Å². The summed E-state index contributed by atoms with van der Waals surface area (Å²) < 4.78 is 0. The first kappa shape index (κ1) is 11.3. The van der Waals surface area contributed by atoms with Crippen LogP contribution in [0, 0.1) is 0 Å². The molecular weight excluding hydrogens is 208 g/mol. The Bertz CT molecular complexity index is 524. The Morgan fingerprint density at radius 1 is 0.824 bits per heavy atom. The Morgan fingerprint density at radius 2 is 1.29 bits per heavy atom. The second kappa shape index (κ2) is 5.26. The molecule has 1 nitrogen and oxygen atoms in total. The van der Waals surface area contributed by atoms with E-state index in [0.717, 1.165) is 16.7 Å². The lowest BCUT2D eigenvalue weighted by Crippen LogP contribution is -1.94. The molecule has 0 atom stereocenters. The van der Waals surface area contributed by atoms with E-state index in [1.54, 1.807) is 6.08 Å². The summed E-state index contributed by atoms with van der Waals surface area (Å²) in [4.78, 5) is 12.0. The highest BCUT2D eigenvalue weighted by Crippen LogP contribution is 2.14. The molecule has 0 bridgehead atoms. The highest BCUT2D eigenvalue weighted by Gasteiger charge is 2.02. The van der Waals surface area contributed by atoms with Crippen molar-refractivity contribution in [3.63, 3.8) is 0 Å². The fourth-order valence-electron chi connectivity index (χ4n) is 1.67. The van der Waals surface area contributed by atoms with Gasteiger partial charge >= 0.3 is 0 Å². The number of allylic oxidation sites excluding steroid dienone is 2. The average molecular weight is 222 g/mol. The number of hydrogen-bond acceptors (Lipinski definition) is 1. The molecule has 0 aliphatic heterocycles. The van der Waals surface area contributed by atoms with Gasteiger partial charge in [0.2, 0.25) is 0 Å². The Labute approximate surface area is 101 Å². The number of carbonyl (C=O) groups excluding carboxylic acids is 1. The van der Waals surface area contributed by atoms with Crippen LogP contribution in [0.15, 0.2) is 66.7 Å². The second-order valence-electron chi connectivity index (χ2n) is 3.92. The summed E-state index contributed by atoms with van der Waals surface area (Å²) in [5.74, 6) is 0.0481. The number of benzene rings is 2. The lowest BCUT2D eigenvalue weighted by Gasteiger charge is -2.01. The summed E-state index contributed by atoms with van der Waals surface area (Å²) in [6.45, 7) is 1.95. The van der Waals surface area contributed by atoms with E-state index in [4.69, 9.17) is 0 Å². The lowest BCUT2D eigenvalue weighted by atomic mass is 10.0. The zero-order valence-corrected chi connectivity index (χ0v) is 9.76. The summed E-state index contributed by atoms with van der Waals surface area (Å²) in [7, 11) is 0. The smallest absolute Gasteiger partial charge is 0.186 e. The van der Waals surface area contributed by atoms with E-state index in [0.29, 0.717) is 0 Å². The molecule has 2 rings (SSSR count). The van der Waals surface area contributed by atoms with Crippen LogP contribution in [-0.2, 0) is 0 Å². The van der Waals surface area contributed by atoms with Gasteiger partial charge in [0, 0.05) is 5.56 Å². The van der Waals surface area contributed by atoms with Gasteiger partial charge in [-0.1, -0.05) is 60.7 Å². The second-order valence-corrected chi connectivity index (χ2v) is 3.92. The van der Waals surface area contributed by atoms with Gasteiger partial charge in [0.1, 0.15) is 0 Å². The Kier molecular flexibility index (Phi) is 3.51. The number of rotatable bonds is 3. The molecule has 84 valence electrons.